The Bertz CT molecular complexity index is 1480. The van der Waals surface area contributed by atoms with Gasteiger partial charge in [0.1, 0.15) is 10.8 Å². The van der Waals surface area contributed by atoms with Crippen LogP contribution in [-0.2, 0) is 38.3 Å². The van der Waals surface area contributed by atoms with Gasteiger partial charge in [0, 0.05) is 11.4 Å². The van der Waals surface area contributed by atoms with Crippen LogP contribution in [0, 0.1) is 0 Å². The van der Waals surface area contributed by atoms with Gasteiger partial charge in [-0.15, -0.1) is 0 Å². The van der Waals surface area contributed by atoms with E-state index in [0.29, 0.717) is 25.9 Å². The lowest BCUT2D eigenvalue weighted by atomic mass is 9.72. The molecule has 0 saturated heterocycles. The summed E-state index contributed by atoms with van der Waals surface area (Å²) < 4.78 is 0. The zero-order valence-corrected chi connectivity index (χ0v) is 20.8. The highest BCUT2D eigenvalue weighted by Gasteiger charge is 2.71. The van der Waals surface area contributed by atoms with E-state index in [9.17, 15) is 14.4 Å². The summed E-state index contributed by atoms with van der Waals surface area (Å²) in [5.41, 5.74) is 2.20. The summed E-state index contributed by atoms with van der Waals surface area (Å²) in [5, 5.41) is 0. The number of carbonyl (C=O) groups excluding carboxylic acids is 3. The second-order valence-electron chi connectivity index (χ2n) is 10.4. The van der Waals surface area contributed by atoms with Crippen molar-refractivity contribution >= 4 is 29.0 Å². The Balaban J connectivity index is 1.33. The number of carbonyl (C=O) groups is 3. The van der Waals surface area contributed by atoms with Gasteiger partial charge in [0.2, 0.25) is 11.8 Å². The molecule has 4 aromatic carbocycles. The Morgan fingerprint density at radius 3 is 1.29 bits per heavy atom. The zero-order valence-electron chi connectivity index (χ0n) is 20.8. The van der Waals surface area contributed by atoms with Crippen molar-refractivity contribution in [2.24, 2.45) is 0 Å². The molecule has 0 aromatic heterocycles. The number of hydrogen-bond acceptors (Lipinski definition) is 3. The van der Waals surface area contributed by atoms with Crippen molar-refractivity contribution in [3.63, 3.8) is 0 Å². The van der Waals surface area contributed by atoms with Crippen molar-refractivity contribution in [2.45, 2.75) is 36.8 Å². The van der Waals surface area contributed by atoms with Crippen LogP contribution in [0.3, 0.4) is 0 Å². The maximum atomic E-state index is 14.8. The number of fused-ring (bicyclic) bond motifs is 4. The van der Waals surface area contributed by atoms with Crippen molar-refractivity contribution < 1.29 is 14.4 Å². The Kier molecular flexibility index (Phi) is 4.92. The molecule has 38 heavy (non-hydrogen) atoms. The lowest BCUT2D eigenvalue weighted by Gasteiger charge is -2.27. The largest absolute Gasteiger partial charge is 0.307 e. The van der Waals surface area contributed by atoms with E-state index in [0.717, 1.165) is 33.6 Å². The fourth-order valence-electron chi connectivity index (χ4n) is 6.78. The molecule has 2 amide bonds. The Morgan fingerprint density at radius 2 is 0.868 bits per heavy atom. The highest BCUT2D eigenvalue weighted by atomic mass is 16.2. The highest BCUT2D eigenvalue weighted by Crippen LogP contribution is 2.59. The lowest BCUT2D eigenvalue weighted by molar-refractivity contribution is -0.138. The fraction of sp³-hybridized carbons (Fsp3) is 0.182. The molecular weight excluding hydrogens is 472 g/mol. The Labute approximate surface area is 221 Å². The average Bonchev–Trinajstić information content (AvgIpc) is 3.50. The summed E-state index contributed by atoms with van der Waals surface area (Å²) in [6, 6.07) is 34.8. The number of hydrogen-bond donors (Lipinski definition) is 0. The third kappa shape index (κ3) is 2.90. The van der Waals surface area contributed by atoms with Crippen molar-refractivity contribution in [1.29, 1.82) is 0 Å². The van der Waals surface area contributed by atoms with Crippen LogP contribution in [0.2, 0.25) is 0 Å². The Hall–Kier alpha value is -4.51. The molecule has 7 rings (SSSR count). The number of benzene rings is 4. The molecule has 2 aliphatic heterocycles. The van der Waals surface area contributed by atoms with Crippen LogP contribution in [0.15, 0.2) is 109 Å². The van der Waals surface area contributed by atoms with E-state index in [4.69, 9.17) is 0 Å². The number of anilines is 2. The van der Waals surface area contributed by atoms with Gasteiger partial charge in [0.25, 0.3) is 0 Å². The second-order valence-corrected chi connectivity index (χ2v) is 10.4. The number of ketones is 1. The summed E-state index contributed by atoms with van der Waals surface area (Å²) in [6.45, 7) is 0.757. The van der Waals surface area contributed by atoms with E-state index in [1.807, 2.05) is 109 Å². The van der Waals surface area contributed by atoms with Crippen LogP contribution < -0.4 is 9.80 Å². The van der Waals surface area contributed by atoms with Gasteiger partial charge in [-0.05, 0) is 47.2 Å². The molecule has 186 valence electrons. The summed E-state index contributed by atoms with van der Waals surface area (Å²) in [4.78, 5) is 46.9. The summed E-state index contributed by atoms with van der Waals surface area (Å²) in [5.74, 6) is -0.738. The van der Waals surface area contributed by atoms with Crippen LogP contribution in [0.4, 0.5) is 11.4 Å². The first-order chi connectivity index (χ1) is 18.6. The van der Waals surface area contributed by atoms with Crippen LogP contribution in [-0.4, -0.2) is 17.6 Å². The molecule has 4 aromatic rings. The van der Waals surface area contributed by atoms with Crippen molar-refractivity contribution in [1.82, 2.24) is 0 Å². The number of para-hydroxylation sites is 2. The van der Waals surface area contributed by atoms with Crippen molar-refractivity contribution in [2.75, 3.05) is 9.80 Å². The predicted molar refractivity (Wildman–Crippen MR) is 146 cm³/mol. The van der Waals surface area contributed by atoms with Crippen LogP contribution in [0.1, 0.15) is 35.1 Å². The molecule has 1 fully saturated rings. The molecule has 2 atom stereocenters. The number of amides is 2. The van der Waals surface area contributed by atoms with E-state index in [1.165, 1.54) is 0 Å². The van der Waals surface area contributed by atoms with Gasteiger partial charge in [-0.2, -0.15) is 0 Å². The third-order valence-corrected chi connectivity index (χ3v) is 8.55. The molecule has 2 heterocycles. The van der Waals surface area contributed by atoms with E-state index < -0.39 is 10.8 Å². The highest BCUT2D eigenvalue weighted by molar-refractivity contribution is 6.34. The minimum Gasteiger partial charge on any atom is -0.307 e. The van der Waals surface area contributed by atoms with Gasteiger partial charge in [-0.3, -0.25) is 14.4 Å². The summed E-state index contributed by atoms with van der Waals surface area (Å²) >= 11 is 0. The van der Waals surface area contributed by atoms with Crippen molar-refractivity contribution in [3.8, 4) is 0 Å². The smallest absolute Gasteiger partial charge is 0.245 e. The van der Waals surface area contributed by atoms with Gasteiger partial charge < -0.3 is 9.80 Å². The van der Waals surface area contributed by atoms with Gasteiger partial charge in [0.05, 0.1) is 13.1 Å². The summed E-state index contributed by atoms with van der Waals surface area (Å²) in [6.07, 6.45) is 0.623. The summed E-state index contributed by atoms with van der Waals surface area (Å²) in [7, 11) is 0. The van der Waals surface area contributed by atoms with E-state index in [1.54, 1.807) is 9.80 Å². The lowest BCUT2D eigenvalue weighted by Crippen LogP contribution is -2.51. The number of nitrogens with zero attached hydrogens (tertiary/aromatic N) is 2. The molecule has 1 saturated carbocycles. The Morgan fingerprint density at radius 1 is 0.500 bits per heavy atom. The maximum absolute atomic E-state index is 14.8. The minimum atomic E-state index is -1.36. The molecular formula is C33H26N2O3. The van der Waals surface area contributed by atoms with Gasteiger partial charge in [-0.25, -0.2) is 0 Å². The molecule has 1 aliphatic carbocycles. The average molecular weight is 499 g/mol. The third-order valence-electron chi connectivity index (χ3n) is 8.55. The molecule has 3 aliphatic rings. The van der Waals surface area contributed by atoms with E-state index in [2.05, 4.69) is 0 Å². The molecule has 0 bridgehead atoms. The second kappa shape index (κ2) is 8.25. The molecule has 2 spiro atoms. The molecule has 0 unspecified atom stereocenters. The predicted octanol–water partition coefficient (Wildman–Crippen LogP) is 5.32. The topological polar surface area (TPSA) is 57.7 Å². The fourth-order valence-corrected chi connectivity index (χ4v) is 6.78. The first-order valence-electron chi connectivity index (χ1n) is 13.0. The molecule has 5 heteroatoms. The quantitative estimate of drug-likeness (QED) is 0.358. The van der Waals surface area contributed by atoms with Gasteiger partial charge in [0.15, 0.2) is 5.78 Å². The molecule has 0 radical (unpaired) electrons. The standard InChI is InChI=1S/C33H26N2O3/c36-29-32(25-15-7-9-17-27(25)34(30(32)37)21-23-11-3-1-4-12-23)19-20-33(29)26-16-8-10-18-28(26)35(31(33)38)22-24-13-5-2-6-14-24/h1-18H,19-22H2/t32-,33-/m0/s1. The minimum absolute atomic E-state index is 0.226. The van der Waals surface area contributed by atoms with E-state index in [-0.39, 0.29) is 17.6 Å². The van der Waals surface area contributed by atoms with E-state index >= 15 is 0 Å². The van der Waals surface area contributed by atoms with Gasteiger partial charge >= 0.3 is 0 Å². The number of Topliss-reactive ketones (excluding diaryl/α,β-unsaturated/α-hetero) is 1. The van der Waals surface area contributed by atoms with Crippen molar-refractivity contribution in [3.05, 3.63) is 131 Å². The van der Waals surface area contributed by atoms with Crippen LogP contribution >= 0.6 is 0 Å². The van der Waals surface area contributed by atoms with Crippen LogP contribution in [0.25, 0.3) is 0 Å². The first kappa shape index (κ1) is 22.7. The first-order valence-corrected chi connectivity index (χ1v) is 13.0. The zero-order chi connectivity index (χ0) is 25.9. The van der Waals surface area contributed by atoms with Crippen LogP contribution in [0.5, 0.6) is 0 Å². The maximum Gasteiger partial charge on any atom is 0.245 e. The monoisotopic (exact) mass is 498 g/mol. The molecule has 0 N–H and O–H groups in total. The SMILES string of the molecule is O=C1N(Cc2ccccc2)c2ccccc2[C@]12CC[C@@]1(C(=O)N(Cc3ccccc3)c3ccccc31)C2=O. The number of rotatable bonds is 4. The van der Waals surface area contributed by atoms with Gasteiger partial charge in [-0.1, -0.05) is 97.1 Å². The molecule has 5 nitrogen and oxygen atoms in total. The normalized spacial score (nSPS) is 23.5.